The highest BCUT2D eigenvalue weighted by Crippen LogP contribution is 2.20. The summed E-state index contributed by atoms with van der Waals surface area (Å²) in [6, 6.07) is 5.81. The zero-order valence-electron chi connectivity index (χ0n) is 11.9. The van der Waals surface area contributed by atoms with Crippen molar-refractivity contribution in [3.63, 3.8) is 0 Å². The fourth-order valence-electron chi connectivity index (χ4n) is 2.28. The number of rotatable bonds is 3. The molecule has 7 heteroatoms. The standard InChI is InChI=1S/C14H17N5O2/c1-2-15-14(20)13-16-12-9-10(3-4-11(12)17-18-13)19-5-7-21-8-6-19/h3-4,9H,2,5-8H2,1H3,(H,15,20). The largest absolute Gasteiger partial charge is 0.378 e. The van der Waals surface area contributed by atoms with Crippen LogP contribution in [0.3, 0.4) is 0 Å². The Morgan fingerprint density at radius 3 is 2.86 bits per heavy atom. The van der Waals surface area contributed by atoms with Crippen LogP contribution in [0, 0.1) is 0 Å². The molecule has 1 fully saturated rings. The van der Waals surface area contributed by atoms with E-state index in [4.69, 9.17) is 4.74 Å². The predicted molar refractivity (Wildman–Crippen MR) is 78.4 cm³/mol. The van der Waals surface area contributed by atoms with E-state index in [0.717, 1.165) is 32.0 Å². The van der Waals surface area contributed by atoms with Gasteiger partial charge < -0.3 is 15.0 Å². The monoisotopic (exact) mass is 287 g/mol. The first kappa shape index (κ1) is 13.7. The highest BCUT2D eigenvalue weighted by molar-refractivity contribution is 5.92. The Morgan fingerprint density at radius 2 is 2.10 bits per heavy atom. The molecule has 21 heavy (non-hydrogen) atoms. The maximum Gasteiger partial charge on any atom is 0.290 e. The smallest absolute Gasteiger partial charge is 0.290 e. The maximum atomic E-state index is 11.8. The molecule has 1 amide bonds. The molecule has 0 spiro atoms. The van der Waals surface area contributed by atoms with E-state index in [1.807, 2.05) is 25.1 Å². The van der Waals surface area contributed by atoms with Crippen LogP contribution in [0.1, 0.15) is 17.5 Å². The molecule has 110 valence electrons. The van der Waals surface area contributed by atoms with Gasteiger partial charge in [-0.1, -0.05) is 0 Å². The van der Waals surface area contributed by atoms with E-state index < -0.39 is 0 Å². The lowest BCUT2D eigenvalue weighted by Gasteiger charge is -2.28. The number of benzene rings is 1. The number of morpholine rings is 1. The lowest BCUT2D eigenvalue weighted by molar-refractivity contribution is 0.0944. The third-order valence-electron chi connectivity index (χ3n) is 3.35. The molecule has 2 aromatic rings. The Labute approximate surface area is 122 Å². The number of hydrogen-bond acceptors (Lipinski definition) is 6. The highest BCUT2D eigenvalue weighted by atomic mass is 16.5. The third kappa shape index (κ3) is 2.92. The quantitative estimate of drug-likeness (QED) is 0.891. The predicted octanol–water partition coefficient (Wildman–Crippen LogP) is 0.611. The summed E-state index contributed by atoms with van der Waals surface area (Å²) >= 11 is 0. The van der Waals surface area contributed by atoms with Crippen molar-refractivity contribution in [2.75, 3.05) is 37.7 Å². The summed E-state index contributed by atoms with van der Waals surface area (Å²) in [6.07, 6.45) is 0. The molecule has 0 aliphatic carbocycles. The number of hydrogen-bond donors (Lipinski definition) is 1. The van der Waals surface area contributed by atoms with Gasteiger partial charge >= 0.3 is 0 Å². The Morgan fingerprint density at radius 1 is 1.29 bits per heavy atom. The van der Waals surface area contributed by atoms with E-state index in [-0.39, 0.29) is 11.7 Å². The normalized spacial score (nSPS) is 15.2. The molecule has 7 nitrogen and oxygen atoms in total. The van der Waals surface area contributed by atoms with Gasteiger partial charge in [0.05, 0.1) is 18.7 Å². The molecule has 1 N–H and O–H groups in total. The van der Waals surface area contributed by atoms with E-state index in [9.17, 15) is 4.79 Å². The maximum absolute atomic E-state index is 11.8. The zero-order chi connectivity index (χ0) is 14.7. The van der Waals surface area contributed by atoms with Crippen molar-refractivity contribution >= 4 is 22.6 Å². The van der Waals surface area contributed by atoms with Crippen LogP contribution >= 0.6 is 0 Å². The number of nitrogens with one attached hydrogen (secondary N) is 1. The van der Waals surface area contributed by atoms with Crippen LogP contribution in [0.2, 0.25) is 0 Å². The Kier molecular flexibility index (Phi) is 3.92. The van der Waals surface area contributed by atoms with E-state index in [0.29, 0.717) is 17.6 Å². The summed E-state index contributed by atoms with van der Waals surface area (Å²) in [6.45, 7) is 5.55. The summed E-state index contributed by atoms with van der Waals surface area (Å²) in [5.41, 5.74) is 2.42. The second kappa shape index (κ2) is 6.01. The summed E-state index contributed by atoms with van der Waals surface area (Å²) in [4.78, 5) is 18.3. The van der Waals surface area contributed by atoms with Crippen LogP contribution in [0.5, 0.6) is 0 Å². The average Bonchev–Trinajstić information content (AvgIpc) is 2.55. The molecule has 1 aliphatic rings. The van der Waals surface area contributed by atoms with Crippen LogP contribution in [-0.2, 0) is 4.74 Å². The van der Waals surface area contributed by atoms with Crippen LogP contribution in [0.25, 0.3) is 11.0 Å². The molecule has 2 heterocycles. The molecule has 0 atom stereocenters. The van der Waals surface area contributed by atoms with E-state index >= 15 is 0 Å². The lowest BCUT2D eigenvalue weighted by atomic mass is 10.2. The van der Waals surface area contributed by atoms with Gasteiger partial charge in [0.15, 0.2) is 0 Å². The summed E-state index contributed by atoms with van der Waals surface area (Å²) in [5.74, 6) is -0.202. The zero-order valence-corrected chi connectivity index (χ0v) is 11.9. The van der Waals surface area contributed by atoms with Gasteiger partial charge in [0.1, 0.15) is 5.52 Å². The second-order valence-corrected chi connectivity index (χ2v) is 4.77. The topological polar surface area (TPSA) is 80.2 Å². The van der Waals surface area contributed by atoms with Gasteiger partial charge in [-0.2, -0.15) is 0 Å². The number of anilines is 1. The molecule has 1 aromatic heterocycles. The van der Waals surface area contributed by atoms with Gasteiger partial charge in [0.2, 0.25) is 5.82 Å². The van der Waals surface area contributed by atoms with Crippen LogP contribution in [0.4, 0.5) is 5.69 Å². The number of fused-ring (bicyclic) bond motifs is 1. The molecular weight excluding hydrogens is 270 g/mol. The fourth-order valence-corrected chi connectivity index (χ4v) is 2.28. The van der Waals surface area contributed by atoms with Crippen LogP contribution < -0.4 is 10.2 Å². The number of ether oxygens (including phenoxy) is 1. The van der Waals surface area contributed by atoms with Gasteiger partial charge in [0.25, 0.3) is 5.91 Å². The summed E-state index contributed by atoms with van der Waals surface area (Å²) < 4.78 is 5.35. The van der Waals surface area contributed by atoms with Gasteiger partial charge in [-0.25, -0.2) is 4.98 Å². The van der Waals surface area contributed by atoms with E-state index in [1.54, 1.807) is 0 Å². The Balaban J connectivity index is 1.93. The summed E-state index contributed by atoms with van der Waals surface area (Å²) in [7, 11) is 0. The molecule has 0 unspecified atom stereocenters. The third-order valence-corrected chi connectivity index (χ3v) is 3.35. The minimum Gasteiger partial charge on any atom is -0.378 e. The van der Waals surface area contributed by atoms with E-state index in [2.05, 4.69) is 25.4 Å². The molecular formula is C14H17N5O2. The molecule has 1 saturated heterocycles. The highest BCUT2D eigenvalue weighted by Gasteiger charge is 2.14. The van der Waals surface area contributed by atoms with Crippen molar-refractivity contribution in [2.24, 2.45) is 0 Å². The number of carbonyl (C=O) groups is 1. The first-order valence-electron chi connectivity index (χ1n) is 7.03. The molecule has 1 aromatic carbocycles. The minimum absolute atomic E-state index is 0.100. The minimum atomic E-state index is -0.302. The van der Waals surface area contributed by atoms with Crippen molar-refractivity contribution in [2.45, 2.75) is 6.92 Å². The van der Waals surface area contributed by atoms with Gasteiger partial charge in [0, 0.05) is 25.3 Å². The molecule has 0 radical (unpaired) electrons. The number of nitrogens with zero attached hydrogens (tertiary/aromatic N) is 4. The SMILES string of the molecule is CCNC(=O)c1nnc2ccc(N3CCOCC3)cc2n1. The number of carbonyl (C=O) groups excluding carboxylic acids is 1. The number of aromatic nitrogens is 3. The fraction of sp³-hybridized carbons (Fsp3) is 0.429. The van der Waals surface area contributed by atoms with Crippen LogP contribution in [-0.4, -0.2) is 53.9 Å². The Hall–Kier alpha value is -2.28. The van der Waals surface area contributed by atoms with Gasteiger partial charge in [-0.05, 0) is 25.1 Å². The second-order valence-electron chi connectivity index (χ2n) is 4.77. The molecule has 1 aliphatic heterocycles. The van der Waals surface area contributed by atoms with Crippen molar-refractivity contribution in [1.82, 2.24) is 20.5 Å². The van der Waals surface area contributed by atoms with Crippen LogP contribution in [0.15, 0.2) is 18.2 Å². The lowest BCUT2D eigenvalue weighted by Crippen LogP contribution is -2.36. The van der Waals surface area contributed by atoms with Crippen molar-refractivity contribution in [3.8, 4) is 0 Å². The molecule has 0 bridgehead atoms. The molecule has 3 rings (SSSR count). The van der Waals surface area contributed by atoms with Crippen molar-refractivity contribution < 1.29 is 9.53 Å². The van der Waals surface area contributed by atoms with Gasteiger partial charge in [-0.15, -0.1) is 10.2 Å². The van der Waals surface area contributed by atoms with Crippen molar-refractivity contribution in [1.29, 1.82) is 0 Å². The first-order valence-corrected chi connectivity index (χ1v) is 7.03. The average molecular weight is 287 g/mol. The molecule has 0 saturated carbocycles. The van der Waals surface area contributed by atoms with E-state index in [1.165, 1.54) is 0 Å². The summed E-state index contributed by atoms with van der Waals surface area (Å²) in [5, 5.41) is 10.6. The van der Waals surface area contributed by atoms with Gasteiger partial charge in [-0.3, -0.25) is 4.79 Å². The number of amides is 1. The first-order chi connectivity index (χ1) is 10.3. The Bertz CT molecular complexity index is 655. The van der Waals surface area contributed by atoms with Crippen molar-refractivity contribution in [3.05, 3.63) is 24.0 Å².